The fourth-order valence-corrected chi connectivity index (χ4v) is 5.01. The summed E-state index contributed by atoms with van der Waals surface area (Å²) in [4.78, 5) is 13.3. The fraction of sp³-hybridized carbons (Fsp3) is 0.458. The first-order valence-corrected chi connectivity index (χ1v) is 12.3. The van der Waals surface area contributed by atoms with Gasteiger partial charge in [-0.25, -0.2) is 8.42 Å². The number of nitrogens with zero attached hydrogens (tertiary/aromatic N) is 1. The van der Waals surface area contributed by atoms with Crippen molar-refractivity contribution in [3.05, 3.63) is 64.2 Å². The molecule has 0 bridgehead atoms. The maximum atomic E-state index is 13.3. The van der Waals surface area contributed by atoms with Gasteiger partial charge in [0.25, 0.3) is 0 Å². The lowest BCUT2D eigenvalue weighted by Crippen LogP contribution is -2.50. The summed E-state index contributed by atoms with van der Waals surface area (Å²) in [5.41, 5.74) is 5.92. The highest BCUT2D eigenvalue weighted by Crippen LogP contribution is 2.27. The Balaban J connectivity index is 2.40. The molecule has 5 nitrogen and oxygen atoms in total. The van der Waals surface area contributed by atoms with Crippen LogP contribution in [0.15, 0.2) is 36.4 Å². The third-order valence-corrected chi connectivity index (χ3v) is 6.78. The molecule has 0 aromatic heterocycles. The van der Waals surface area contributed by atoms with E-state index in [1.165, 1.54) is 9.87 Å². The lowest BCUT2D eigenvalue weighted by Gasteiger charge is -2.32. The van der Waals surface area contributed by atoms with Crippen LogP contribution >= 0.6 is 0 Å². The quantitative estimate of drug-likeness (QED) is 0.658. The second kappa shape index (κ2) is 9.65. The van der Waals surface area contributed by atoms with E-state index in [0.717, 1.165) is 28.5 Å². The molecule has 2 aromatic carbocycles. The lowest BCUT2D eigenvalue weighted by atomic mass is 9.97. The minimum Gasteiger partial charge on any atom is -0.347 e. The van der Waals surface area contributed by atoms with Crippen LogP contribution in [0.2, 0.25) is 0 Å². The van der Waals surface area contributed by atoms with E-state index >= 15 is 0 Å². The Morgan fingerprint density at radius 2 is 1.60 bits per heavy atom. The summed E-state index contributed by atoms with van der Waals surface area (Å²) in [6, 6.07) is 10.7. The summed E-state index contributed by atoms with van der Waals surface area (Å²) in [6.07, 6.45) is 2.24. The van der Waals surface area contributed by atoms with Crippen molar-refractivity contribution in [3.63, 3.8) is 0 Å². The van der Waals surface area contributed by atoms with Gasteiger partial charge in [-0.05, 0) is 74.9 Å². The van der Waals surface area contributed by atoms with Crippen molar-refractivity contribution in [2.45, 2.75) is 66.5 Å². The molecule has 0 aliphatic heterocycles. The van der Waals surface area contributed by atoms with E-state index in [0.29, 0.717) is 18.5 Å². The lowest BCUT2D eigenvalue weighted by molar-refractivity contribution is -0.123. The smallest absolute Gasteiger partial charge is 0.244 e. The van der Waals surface area contributed by atoms with Crippen LogP contribution in [0, 0.1) is 27.7 Å². The van der Waals surface area contributed by atoms with Crippen molar-refractivity contribution in [1.82, 2.24) is 5.32 Å². The summed E-state index contributed by atoms with van der Waals surface area (Å²) >= 11 is 0. The predicted molar refractivity (Wildman–Crippen MR) is 124 cm³/mol. The molecule has 1 amide bonds. The average molecular weight is 431 g/mol. The molecule has 2 rings (SSSR count). The molecule has 0 saturated heterocycles. The van der Waals surface area contributed by atoms with E-state index in [1.54, 1.807) is 6.07 Å². The zero-order valence-electron chi connectivity index (χ0n) is 19.1. The zero-order chi connectivity index (χ0) is 22.6. The Hall–Kier alpha value is -2.34. The number of nitrogens with one attached hydrogen (secondary N) is 1. The maximum Gasteiger partial charge on any atom is 0.244 e. The normalized spacial score (nSPS) is 13.6. The molecule has 30 heavy (non-hydrogen) atoms. The van der Waals surface area contributed by atoms with E-state index in [4.69, 9.17) is 0 Å². The summed E-state index contributed by atoms with van der Waals surface area (Å²) in [6.45, 7) is 11.8. The molecule has 0 radical (unpaired) electrons. The van der Waals surface area contributed by atoms with Crippen LogP contribution in [0.3, 0.4) is 0 Å². The third kappa shape index (κ3) is 5.42. The van der Waals surface area contributed by atoms with Gasteiger partial charge < -0.3 is 5.32 Å². The first-order chi connectivity index (χ1) is 14.0. The van der Waals surface area contributed by atoms with Crippen LogP contribution in [0.4, 0.5) is 5.69 Å². The molecule has 2 atom stereocenters. The van der Waals surface area contributed by atoms with Crippen LogP contribution in [-0.2, 0) is 14.8 Å². The average Bonchev–Trinajstić information content (AvgIpc) is 2.65. The first-order valence-electron chi connectivity index (χ1n) is 10.4. The number of benzene rings is 2. The molecule has 0 heterocycles. The monoisotopic (exact) mass is 430 g/mol. The Morgan fingerprint density at radius 1 is 0.933 bits per heavy atom. The van der Waals surface area contributed by atoms with Crippen LogP contribution in [0.5, 0.6) is 0 Å². The maximum absolute atomic E-state index is 13.3. The van der Waals surface area contributed by atoms with Gasteiger partial charge in [0.05, 0.1) is 18.0 Å². The molecular formula is C24H34N2O3S. The van der Waals surface area contributed by atoms with Gasteiger partial charge in [0.15, 0.2) is 0 Å². The summed E-state index contributed by atoms with van der Waals surface area (Å²) in [7, 11) is -3.65. The van der Waals surface area contributed by atoms with Gasteiger partial charge in [0.1, 0.15) is 6.04 Å². The highest BCUT2D eigenvalue weighted by molar-refractivity contribution is 7.92. The van der Waals surface area contributed by atoms with Crippen molar-refractivity contribution in [2.24, 2.45) is 0 Å². The molecule has 0 aliphatic rings. The van der Waals surface area contributed by atoms with Gasteiger partial charge in [0, 0.05) is 0 Å². The number of rotatable bonds is 8. The second-order valence-electron chi connectivity index (χ2n) is 8.08. The number of sulfonamides is 1. The van der Waals surface area contributed by atoms with Crippen LogP contribution < -0.4 is 9.62 Å². The summed E-state index contributed by atoms with van der Waals surface area (Å²) in [5.74, 6) is -0.284. The Labute approximate surface area is 181 Å². The van der Waals surface area contributed by atoms with Crippen molar-refractivity contribution in [2.75, 3.05) is 10.6 Å². The molecule has 2 unspecified atom stereocenters. The Bertz CT molecular complexity index is 1020. The van der Waals surface area contributed by atoms with Gasteiger partial charge in [-0.2, -0.15) is 0 Å². The van der Waals surface area contributed by atoms with Crippen molar-refractivity contribution in [1.29, 1.82) is 0 Å². The number of amides is 1. The Morgan fingerprint density at radius 3 is 2.10 bits per heavy atom. The van der Waals surface area contributed by atoms with Crippen molar-refractivity contribution < 1.29 is 13.2 Å². The first kappa shape index (κ1) is 23.9. The number of anilines is 1. The number of carbonyl (C=O) groups is 1. The van der Waals surface area contributed by atoms with Gasteiger partial charge in [-0.1, -0.05) is 43.7 Å². The SMILES string of the molecule is CCC(NC(=O)C(CC)N(c1ccc(C)c(C)c1)S(C)(=O)=O)c1ccc(C)cc1C. The Kier molecular flexibility index (Phi) is 7.70. The van der Waals surface area contributed by atoms with Gasteiger partial charge in [0.2, 0.25) is 15.9 Å². The van der Waals surface area contributed by atoms with E-state index in [9.17, 15) is 13.2 Å². The minimum atomic E-state index is -3.65. The van der Waals surface area contributed by atoms with Crippen LogP contribution in [0.1, 0.15) is 60.5 Å². The molecule has 1 N–H and O–H groups in total. The topological polar surface area (TPSA) is 66.5 Å². The van der Waals surface area contributed by atoms with Crippen LogP contribution in [-0.4, -0.2) is 26.6 Å². The van der Waals surface area contributed by atoms with E-state index in [2.05, 4.69) is 11.4 Å². The number of hydrogen-bond donors (Lipinski definition) is 1. The highest BCUT2D eigenvalue weighted by Gasteiger charge is 2.32. The second-order valence-corrected chi connectivity index (χ2v) is 9.94. The van der Waals surface area contributed by atoms with Crippen molar-refractivity contribution >= 4 is 21.6 Å². The van der Waals surface area contributed by atoms with E-state index < -0.39 is 16.1 Å². The molecule has 0 aliphatic carbocycles. The minimum absolute atomic E-state index is 0.173. The largest absolute Gasteiger partial charge is 0.347 e. The molecule has 6 heteroatoms. The van der Waals surface area contributed by atoms with Gasteiger partial charge in [-0.15, -0.1) is 0 Å². The van der Waals surface area contributed by atoms with E-state index in [-0.39, 0.29) is 11.9 Å². The number of aryl methyl sites for hydroxylation is 4. The highest BCUT2D eigenvalue weighted by atomic mass is 32.2. The molecular weight excluding hydrogens is 396 g/mol. The van der Waals surface area contributed by atoms with Crippen molar-refractivity contribution in [3.8, 4) is 0 Å². The summed E-state index contributed by atoms with van der Waals surface area (Å²) in [5, 5.41) is 3.10. The van der Waals surface area contributed by atoms with Gasteiger partial charge >= 0.3 is 0 Å². The number of hydrogen-bond acceptors (Lipinski definition) is 3. The molecule has 0 spiro atoms. The number of carbonyl (C=O) groups excluding carboxylic acids is 1. The molecule has 0 saturated carbocycles. The summed E-state index contributed by atoms with van der Waals surface area (Å²) < 4.78 is 26.6. The molecule has 164 valence electrons. The third-order valence-electron chi connectivity index (χ3n) is 5.60. The molecule has 0 fully saturated rings. The predicted octanol–water partition coefficient (Wildman–Crippen LogP) is 4.73. The van der Waals surface area contributed by atoms with Gasteiger partial charge in [-0.3, -0.25) is 9.10 Å². The standard InChI is InChI=1S/C24H34N2O3S/c1-8-22(21-13-10-16(3)14-19(21)6)25-24(27)23(9-2)26(30(7,28)29)20-12-11-17(4)18(5)15-20/h10-15,22-23H,8-9H2,1-7H3,(H,25,27). The fourth-order valence-electron chi connectivity index (χ4n) is 3.81. The zero-order valence-corrected chi connectivity index (χ0v) is 19.9. The van der Waals surface area contributed by atoms with E-state index in [1.807, 2.05) is 65.8 Å². The molecule has 2 aromatic rings. The van der Waals surface area contributed by atoms with Crippen LogP contribution in [0.25, 0.3) is 0 Å².